The van der Waals surface area contributed by atoms with Gasteiger partial charge >= 0.3 is 5.97 Å². The van der Waals surface area contributed by atoms with Gasteiger partial charge < -0.3 is 9.72 Å². The highest BCUT2D eigenvalue weighted by atomic mass is 16.6. The van der Waals surface area contributed by atoms with E-state index in [1.54, 1.807) is 18.3 Å². The van der Waals surface area contributed by atoms with Gasteiger partial charge in [-0.25, -0.2) is 4.79 Å². The number of nitro benzene ring substituents is 1. The van der Waals surface area contributed by atoms with E-state index < -0.39 is 10.9 Å². The minimum absolute atomic E-state index is 0.136. The van der Waals surface area contributed by atoms with E-state index in [9.17, 15) is 14.9 Å². The second-order valence-electron chi connectivity index (χ2n) is 3.19. The molecule has 0 atom stereocenters. The van der Waals surface area contributed by atoms with Crippen molar-refractivity contribution in [3.8, 4) is 0 Å². The standard InChI is InChI=1S/C10H8N2O4/c1-16-10(13)7-4-6-2-3-11-9(6)8(5-7)12(14)15/h2-5,11H,1H3. The Morgan fingerprint density at radius 2 is 2.25 bits per heavy atom. The SMILES string of the molecule is COC(=O)c1cc([N+](=O)[O-])c2[nH]ccc2c1. The maximum atomic E-state index is 11.3. The maximum Gasteiger partial charge on any atom is 0.338 e. The largest absolute Gasteiger partial charge is 0.465 e. The van der Waals surface area contributed by atoms with E-state index >= 15 is 0 Å². The van der Waals surface area contributed by atoms with Gasteiger partial charge in [-0.1, -0.05) is 0 Å². The first-order valence-corrected chi connectivity index (χ1v) is 4.47. The van der Waals surface area contributed by atoms with Crippen LogP contribution in [0.5, 0.6) is 0 Å². The number of aromatic nitrogens is 1. The lowest BCUT2D eigenvalue weighted by Gasteiger charge is -2.00. The Morgan fingerprint density at radius 1 is 1.50 bits per heavy atom. The first kappa shape index (κ1) is 10.2. The highest BCUT2D eigenvalue weighted by Crippen LogP contribution is 2.26. The molecule has 2 aromatic rings. The van der Waals surface area contributed by atoms with Crippen LogP contribution in [0, 0.1) is 10.1 Å². The monoisotopic (exact) mass is 220 g/mol. The average Bonchev–Trinajstić information content (AvgIpc) is 2.74. The molecule has 0 saturated heterocycles. The molecular weight excluding hydrogens is 212 g/mol. The van der Waals surface area contributed by atoms with Crippen LogP contribution in [-0.2, 0) is 4.74 Å². The Hall–Kier alpha value is -2.37. The molecule has 6 heteroatoms. The minimum atomic E-state index is -0.591. The summed E-state index contributed by atoms with van der Waals surface area (Å²) in [6, 6.07) is 4.41. The van der Waals surface area contributed by atoms with Gasteiger partial charge in [0.05, 0.1) is 17.6 Å². The van der Waals surface area contributed by atoms with E-state index in [-0.39, 0.29) is 11.3 Å². The van der Waals surface area contributed by atoms with Gasteiger partial charge in [-0.15, -0.1) is 0 Å². The molecule has 2 rings (SSSR count). The molecule has 0 saturated carbocycles. The van der Waals surface area contributed by atoms with Crippen molar-refractivity contribution in [2.75, 3.05) is 7.11 Å². The van der Waals surface area contributed by atoms with Crippen LogP contribution in [0.15, 0.2) is 24.4 Å². The minimum Gasteiger partial charge on any atom is -0.465 e. The Kier molecular flexibility index (Phi) is 2.32. The van der Waals surface area contributed by atoms with Crippen LogP contribution >= 0.6 is 0 Å². The zero-order valence-electron chi connectivity index (χ0n) is 8.39. The number of benzene rings is 1. The molecule has 0 aliphatic rings. The van der Waals surface area contributed by atoms with Crippen molar-refractivity contribution in [2.45, 2.75) is 0 Å². The number of nitrogens with one attached hydrogen (secondary N) is 1. The van der Waals surface area contributed by atoms with Crippen LogP contribution < -0.4 is 0 Å². The zero-order chi connectivity index (χ0) is 11.7. The van der Waals surface area contributed by atoms with Crippen LogP contribution in [0.2, 0.25) is 0 Å². The predicted octanol–water partition coefficient (Wildman–Crippen LogP) is 1.86. The topological polar surface area (TPSA) is 85.2 Å². The van der Waals surface area contributed by atoms with Crippen molar-refractivity contribution in [1.82, 2.24) is 4.98 Å². The molecule has 1 heterocycles. The molecule has 0 bridgehead atoms. The number of nitrogens with zero attached hydrogens (tertiary/aromatic N) is 1. The number of nitro groups is 1. The third kappa shape index (κ3) is 1.50. The fourth-order valence-electron chi connectivity index (χ4n) is 1.53. The van der Waals surface area contributed by atoms with Gasteiger partial charge in [-0.2, -0.15) is 0 Å². The van der Waals surface area contributed by atoms with Crippen molar-refractivity contribution in [3.63, 3.8) is 0 Å². The van der Waals surface area contributed by atoms with Gasteiger partial charge in [0.1, 0.15) is 5.52 Å². The summed E-state index contributed by atoms with van der Waals surface area (Å²) in [6.45, 7) is 0. The van der Waals surface area contributed by atoms with Crippen LogP contribution in [0.3, 0.4) is 0 Å². The maximum absolute atomic E-state index is 11.3. The number of rotatable bonds is 2. The van der Waals surface area contributed by atoms with Crippen LogP contribution in [0.1, 0.15) is 10.4 Å². The number of non-ortho nitro benzene ring substituents is 1. The van der Waals surface area contributed by atoms with Crippen molar-refractivity contribution >= 4 is 22.6 Å². The number of ether oxygens (including phenoxy) is 1. The Balaban J connectivity index is 2.71. The number of aromatic amines is 1. The lowest BCUT2D eigenvalue weighted by atomic mass is 10.1. The van der Waals surface area contributed by atoms with Gasteiger partial charge in [0, 0.05) is 17.6 Å². The number of fused-ring (bicyclic) bond motifs is 1. The molecule has 82 valence electrons. The predicted molar refractivity (Wildman–Crippen MR) is 56.3 cm³/mol. The number of esters is 1. The van der Waals surface area contributed by atoms with E-state index in [0.717, 1.165) is 0 Å². The lowest BCUT2D eigenvalue weighted by Crippen LogP contribution is -2.02. The van der Waals surface area contributed by atoms with Gasteiger partial charge in [-0.05, 0) is 12.1 Å². The summed E-state index contributed by atoms with van der Waals surface area (Å²) < 4.78 is 4.52. The second-order valence-corrected chi connectivity index (χ2v) is 3.19. The van der Waals surface area contributed by atoms with E-state index in [2.05, 4.69) is 9.72 Å². The summed E-state index contributed by atoms with van der Waals surface area (Å²) in [4.78, 5) is 24.3. The summed E-state index contributed by atoms with van der Waals surface area (Å²) in [6.07, 6.45) is 1.58. The zero-order valence-corrected chi connectivity index (χ0v) is 8.39. The summed E-state index contributed by atoms with van der Waals surface area (Å²) >= 11 is 0. The summed E-state index contributed by atoms with van der Waals surface area (Å²) in [7, 11) is 1.23. The Bertz CT molecular complexity index is 573. The number of carbonyl (C=O) groups excluding carboxylic acids is 1. The normalized spacial score (nSPS) is 10.3. The van der Waals surface area contributed by atoms with Crippen LogP contribution in [-0.4, -0.2) is 23.0 Å². The fourth-order valence-corrected chi connectivity index (χ4v) is 1.53. The first-order valence-electron chi connectivity index (χ1n) is 4.47. The third-order valence-corrected chi connectivity index (χ3v) is 2.26. The number of hydrogen-bond donors (Lipinski definition) is 1. The molecule has 0 fully saturated rings. The molecule has 0 radical (unpaired) electrons. The van der Waals surface area contributed by atoms with Crippen LogP contribution in [0.25, 0.3) is 10.9 Å². The molecule has 1 aromatic carbocycles. The van der Waals surface area contributed by atoms with Crippen molar-refractivity contribution in [1.29, 1.82) is 0 Å². The number of methoxy groups -OCH3 is 1. The highest BCUT2D eigenvalue weighted by Gasteiger charge is 2.18. The molecular formula is C10H8N2O4. The number of hydrogen-bond acceptors (Lipinski definition) is 4. The lowest BCUT2D eigenvalue weighted by molar-refractivity contribution is -0.383. The van der Waals surface area contributed by atoms with Gasteiger partial charge in [-0.3, -0.25) is 10.1 Å². The van der Waals surface area contributed by atoms with Crippen LogP contribution in [0.4, 0.5) is 5.69 Å². The fraction of sp³-hybridized carbons (Fsp3) is 0.100. The molecule has 6 nitrogen and oxygen atoms in total. The Morgan fingerprint density at radius 3 is 2.88 bits per heavy atom. The van der Waals surface area contributed by atoms with Gasteiger partial charge in [0.15, 0.2) is 0 Å². The molecule has 0 amide bonds. The summed E-state index contributed by atoms with van der Waals surface area (Å²) in [5, 5.41) is 11.4. The van der Waals surface area contributed by atoms with E-state index in [4.69, 9.17) is 0 Å². The van der Waals surface area contributed by atoms with Crippen molar-refractivity contribution in [2.24, 2.45) is 0 Å². The first-order chi connectivity index (χ1) is 7.63. The summed E-state index contributed by atoms with van der Waals surface area (Å²) in [5.41, 5.74) is 0.432. The number of H-pyrrole nitrogens is 1. The molecule has 0 unspecified atom stereocenters. The van der Waals surface area contributed by atoms with E-state index in [1.807, 2.05) is 0 Å². The van der Waals surface area contributed by atoms with Crippen molar-refractivity contribution in [3.05, 3.63) is 40.1 Å². The Labute approximate surface area is 90.0 Å². The van der Waals surface area contributed by atoms with E-state index in [0.29, 0.717) is 10.9 Å². The smallest absolute Gasteiger partial charge is 0.338 e. The molecule has 0 aliphatic carbocycles. The summed E-state index contributed by atoms with van der Waals surface area (Å²) in [5.74, 6) is -0.591. The quantitative estimate of drug-likeness (QED) is 0.475. The molecule has 0 spiro atoms. The average molecular weight is 220 g/mol. The van der Waals surface area contributed by atoms with Gasteiger partial charge in [0.2, 0.25) is 0 Å². The molecule has 1 aromatic heterocycles. The van der Waals surface area contributed by atoms with E-state index in [1.165, 1.54) is 13.2 Å². The number of carbonyl (C=O) groups is 1. The molecule has 1 N–H and O–H groups in total. The van der Waals surface area contributed by atoms with Gasteiger partial charge in [0.25, 0.3) is 5.69 Å². The molecule has 16 heavy (non-hydrogen) atoms. The molecule has 0 aliphatic heterocycles. The van der Waals surface area contributed by atoms with Crippen molar-refractivity contribution < 1.29 is 14.5 Å². The highest BCUT2D eigenvalue weighted by molar-refractivity contribution is 5.98. The third-order valence-electron chi connectivity index (χ3n) is 2.26. The second kappa shape index (κ2) is 3.65.